The molecule has 8 N–H and O–H groups in total. The molecular formula is C46H74N6O11P+. The molecule has 2 aliphatic rings. The van der Waals surface area contributed by atoms with Crippen molar-refractivity contribution < 1.29 is 58.5 Å². The van der Waals surface area contributed by atoms with Gasteiger partial charge in [0.2, 0.25) is 30.0 Å². The highest BCUT2D eigenvalue weighted by Crippen LogP contribution is 2.23. The van der Waals surface area contributed by atoms with Gasteiger partial charge in [-0.15, -0.1) is 0 Å². The van der Waals surface area contributed by atoms with E-state index in [1.54, 1.807) is 0 Å². The zero-order chi connectivity index (χ0) is 45.0. The van der Waals surface area contributed by atoms with Crippen molar-refractivity contribution in [3.63, 3.8) is 0 Å². The van der Waals surface area contributed by atoms with E-state index in [0.29, 0.717) is 51.9 Å². The number of fused-ring (bicyclic) bond motifs is 2. The van der Waals surface area contributed by atoms with E-state index < -0.39 is 81.3 Å². The normalized spacial score (nSPS) is 20.9. The van der Waals surface area contributed by atoms with E-state index in [9.17, 15) is 38.4 Å². The summed E-state index contributed by atoms with van der Waals surface area (Å²) in [6.45, 7) is 8.23. The first kappa shape index (κ1) is 55.7. The van der Waals surface area contributed by atoms with Crippen molar-refractivity contribution >= 4 is 43.9 Å². The lowest BCUT2D eigenvalue weighted by Crippen LogP contribution is -2.52. The van der Waals surface area contributed by atoms with Gasteiger partial charge in [-0.1, -0.05) is 63.4 Å². The largest absolute Gasteiger partial charge is 0.412 e. The number of likely N-dealkylation sites (tertiary alicyclic amines) is 1. The van der Waals surface area contributed by atoms with Gasteiger partial charge in [-0.2, -0.15) is 0 Å². The zero-order valence-corrected chi connectivity index (χ0v) is 39.1. The van der Waals surface area contributed by atoms with E-state index >= 15 is 0 Å². The molecule has 0 aliphatic carbocycles. The maximum Gasteiger partial charge on any atom is 0.327 e. The molecule has 1 aromatic carbocycles. The molecule has 6 atom stereocenters. The van der Waals surface area contributed by atoms with Gasteiger partial charge in [0.1, 0.15) is 24.0 Å². The average Bonchev–Trinajstić information content (AvgIpc) is 3.89. The number of nitrogens with zero attached hydrogens (tertiary/aromatic N) is 3. The van der Waals surface area contributed by atoms with Crippen molar-refractivity contribution in [2.75, 3.05) is 19.7 Å². The number of imidazole rings is 1. The van der Waals surface area contributed by atoms with Crippen molar-refractivity contribution in [3.8, 4) is 0 Å². The number of aromatic nitrogens is 2. The number of ketones is 2. The minimum Gasteiger partial charge on any atom is -0.412 e. The average molecular weight is 918 g/mol. The lowest BCUT2D eigenvalue weighted by Gasteiger charge is -2.27. The topological polar surface area (TPSA) is 260 Å². The van der Waals surface area contributed by atoms with Gasteiger partial charge in [0.25, 0.3) is 0 Å². The van der Waals surface area contributed by atoms with Crippen LogP contribution in [0.1, 0.15) is 122 Å². The Hall–Kier alpha value is -4.41. The Bertz CT molecular complexity index is 1790. The number of carbonyl (C=O) groups is 6. The fourth-order valence-electron chi connectivity index (χ4n) is 8.58. The van der Waals surface area contributed by atoms with E-state index in [-0.39, 0.29) is 41.4 Å². The van der Waals surface area contributed by atoms with Gasteiger partial charge in [0, 0.05) is 39.3 Å². The Kier molecular flexibility index (Phi) is 25.4. The van der Waals surface area contributed by atoms with Gasteiger partial charge in [0.05, 0.1) is 43.7 Å². The van der Waals surface area contributed by atoms with Crippen molar-refractivity contribution in [1.29, 1.82) is 0 Å². The van der Waals surface area contributed by atoms with Crippen LogP contribution in [-0.4, -0.2) is 105 Å². The summed E-state index contributed by atoms with van der Waals surface area (Å²) < 4.78 is 20.7. The Morgan fingerprint density at radius 2 is 1.66 bits per heavy atom. The standard InChI is InChI=1S/C46H69N6O9P.2H2O/c1-32(2)25-39(48-46(59)41-20-16-24-52(41)34(4)54)42(55)27-36-26-37-29-50(31-51(37)23-14-8-6-5-7-10-17-35-18-11-9-12-19-35)22-15-13-21-47-45(58)38(33(3)61-62-60)28-43(56)40(30-53)49-44(36)57;;/h9,11-12,18-19,29,31-33,36,38-41,53H,5-8,10,13-17,20-28,30H2,1-4H3,(H2-,47,48,49,57,58,59);2*1H2/p+1/t33-,36-,38+,39+,40+,41+;;/m1../s1. The second-order valence-electron chi connectivity index (χ2n) is 17.6. The maximum absolute atomic E-state index is 14.4. The molecule has 3 heterocycles. The molecule has 358 valence electrons. The number of aliphatic hydroxyl groups excluding tert-OH is 1. The quantitative estimate of drug-likeness (QED) is 0.0864. The number of carbonyl (C=O) groups excluding carboxylic acids is 6. The summed E-state index contributed by atoms with van der Waals surface area (Å²) in [5.41, 5.74) is 2.19. The van der Waals surface area contributed by atoms with Gasteiger partial charge in [-0.3, -0.25) is 33.3 Å². The Morgan fingerprint density at radius 1 is 0.953 bits per heavy atom. The number of Topliss-reactive ketones (excluding diaryl/α,β-unsaturated/α-hetero) is 2. The van der Waals surface area contributed by atoms with Crippen LogP contribution in [0.2, 0.25) is 0 Å². The molecule has 1 fully saturated rings. The molecule has 2 aliphatic heterocycles. The summed E-state index contributed by atoms with van der Waals surface area (Å²) in [7, 11) is -0.657. The second kappa shape index (κ2) is 29.2. The van der Waals surface area contributed by atoms with Crippen LogP contribution in [0.25, 0.3) is 0 Å². The van der Waals surface area contributed by atoms with Crippen LogP contribution < -0.4 is 20.5 Å². The first-order valence-electron chi connectivity index (χ1n) is 22.7. The van der Waals surface area contributed by atoms with Crippen LogP contribution in [0.4, 0.5) is 0 Å². The Morgan fingerprint density at radius 3 is 2.33 bits per heavy atom. The highest BCUT2D eigenvalue weighted by Gasteiger charge is 2.38. The van der Waals surface area contributed by atoms with E-state index in [1.165, 1.54) is 24.3 Å². The minimum absolute atomic E-state index is 0. The summed E-state index contributed by atoms with van der Waals surface area (Å²) in [4.78, 5) is 83.1. The number of rotatable bonds is 20. The summed E-state index contributed by atoms with van der Waals surface area (Å²) >= 11 is 0. The molecule has 18 heteroatoms. The molecule has 4 amide bonds. The molecule has 0 spiro atoms. The third-order valence-corrected chi connectivity index (χ3v) is 12.6. The number of aliphatic hydroxyl groups is 1. The zero-order valence-electron chi connectivity index (χ0n) is 38.2. The van der Waals surface area contributed by atoms with Crippen LogP contribution in [0.3, 0.4) is 0 Å². The van der Waals surface area contributed by atoms with Gasteiger partial charge >= 0.3 is 8.69 Å². The first-order chi connectivity index (χ1) is 29.8. The number of aryl methyl sites for hydroxylation is 3. The van der Waals surface area contributed by atoms with E-state index in [2.05, 4.69) is 49.4 Å². The predicted molar refractivity (Wildman–Crippen MR) is 241 cm³/mol. The van der Waals surface area contributed by atoms with E-state index in [0.717, 1.165) is 57.1 Å². The number of benzene rings is 1. The van der Waals surface area contributed by atoms with Crippen molar-refractivity contribution in [2.45, 2.75) is 161 Å². The van der Waals surface area contributed by atoms with Gasteiger partial charge in [-0.25, -0.2) is 13.7 Å². The third-order valence-electron chi connectivity index (χ3n) is 12.1. The number of nitrogens with one attached hydrogen (secondary N) is 3. The second-order valence-corrected chi connectivity index (χ2v) is 17.9. The van der Waals surface area contributed by atoms with Crippen LogP contribution in [0, 0.1) is 17.8 Å². The molecule has 1 saturated heterocycles. The molecule has 64 heavy (non-hydrogen) atoms. The summed E-state index contributed by atoms with van der Waals surface area (Å²) in [5, 5.41) is 18.9. The highest BCUT2D eigenvalue weighted by atomic mass is 31.1. The Labute approximate surface area is 379 Å². The first-order valence-corrected chi connectivity index (χ1v) is 23.5. The predicted octanol–water partition coefficient (Wildman–Crippen LogP) is 2.94. The molecule has 0 unspecified atom stereocenters. The molecule has 0 saturated carbocycles. The van der Waals surface area contributed by atoms with E-state index in [1.807, 2.05) is 32.4 Å². The summed E-state index contributed by atoms with van der Waals surface area (Å²) in [6, 6.07) is 7.52. The maximum atomic E-state index is 14.4. The van der Waals surface area contributed by atoms with Crippen molar-refractivity contribution in [3.05, 3.63) is 54.1 Å². The monoisotopic (exact) mass is 918 g/mol. The number of hydrogen-bond acceptors (Lipinski definition) is 9. The van der Waals surface area contributed by atoms with Crippen molar-refractivity contribution in [2.24, 2.45) is 17.8 Å². The van der Waals surface area contributed by atoms with E-state index in [4.69, 9.17) is 4.52 Å². The van der Waals surface area contributed by atoms with Crippen molar-refractivity contribution in [1.82, 2.24) is 25.4 Å². The molecule has 17 nitrogen and oxygen atoms in total. The molecule has 1 aromatic heterocycles. The third kappa shape index (κ3) is 17.9. The number of unbranched alkanes of at least 4 members (excludes halogenated alkanes) is 5. The summed E-state index contributed by atoms with van der Waals surface area (Å²) in [6.07, 6.45) is 13.0. The fourth-order valence-corrected chi connectivity index (χ4v) is 8.86. The van der Waals surface area contributed by atoms with Gasteiger partial charge in [0.15, 0.2) is 11.6 Å². The number of amides is 4. The minimum atomic E-state index is -1.39. The van der Waals surface area contributed by atoms with Crippen LogP contribution >= 0.6 is 8.69 Å². The molecule has 2 aromatic rings. The number of hydrogen-bond donors (Lipinski definition) is 4. The Balaban J connectivity index is 0.00000704. The lowest BCUT2D eigenvalue weighted by atomic mass is 9.89. The molecule has 0 radical (unpaired) electrons. The smallest absolute Gasteiger partial charge is 0.327 e. The summed E-state index contributed by atoms with van der Waals surface area (Å²) in [5.74, 6) is -4.69. The fraction of sp³-hybridized carbons (Fsp3) is 0.674. The van der Waals surface area contributed by atoms with Gasteiger partial charge in [-0.05, 0) is 76.2 Å². The van der Waals surface area contributed by atoms with Crippen LogP contribution in [0.15, 0.2) is 42.9 Å². The molecular weight excluding hydrogens is 844 g/mol. The van der Waals surface area contributed by atoms with Crippen LogP contribution in [-0.2, 0) is 63.8 Å². The van der Waals surface area contributed by atoms with Crippen LogP contribution in [0.5, 0.6) is 0 Å². The highest BCUT2D eigenvalue weighted by molar-refractivity contribution is 7.17. The lowest BCUT2D eigenvalue weighted by molar-refractivity contribution is -0.697. The SMILES string of the molecule is CC(=O)N1CCC[C@H]1C(=O)N[C@@H](CC(C)C)C(=O)C[C@H]1Cc2c[n+](cn2CCCCCCCCc2ccccc2)CCCCNC(=O)[C@H]([C@@H](C)OP=O)CC(=O)[C@H](CO)NC1=O.O.O. The van der Waals surface area contributed by atoms with Gasteiger partial charge < -0.3 is 36.9 Å². The molecule has 2 bridgehead atoms. The molecule has 4 rings (SSSR count).